The standard InChI is InChI=1S/C16H25NS/c1-11-4-6-13(3)15(8-11)18-16-9-12(2)5-7-14(16)10-17/h4,6,8,12,14,16H,5,7,9-10,17H2,1-3H3. The van der Waals surface area contributed by atoms with Crippen molar-refractivity contribution in [2.75, 3.05) is 6.54 Å². The summed E-state index contributed by atoms with van der Waals surface area (Å²) in [6.45, 7) is 7.61. The first kappa shape index (κ1) is 14.0. The van der Waals surface area contributed by atoms with Crippen LogP contribution in [0.5, 0.6) is 0 Å². The normalized spacial score (nSPS) is 28.3. The van der Waals surface area contributed by atoms with Gasteiger partial charge in [-0.25, -0.2) is 0 Å². The quantitative estimate of drug-likeness (QED) is 0.886. The van der Waals surface area contributed by atoms with Crippen LogP contribution in [0.4, 0.5) is 0 Å². The van der Waals surface area contributed by atoms with E-state index in [1.54, 1.807) is 0 Å². The van der Waals surface area contributed by atoms with Crippen LogP contribution in [0, 0.1) is 25.7 Å². The summed E-state index contributed by atoms with van der Waals surface area (Å²) in [5, 5.41) is 0.708. The summed E-state index contributed by atoms with van der Waals surface area (Å²) in [5.41, 5.74) is 8.71. The molecule has 0 saturated heterocycles. The van der Waals surface area contributed by atoms with Crippen LogP contribution < -0.4 is 5.73 Å². The first-order valence-corrected chi connectivity index (χ1v) is 7.92. The van der Waals surface area contributed by atoms with Gasteiger partial charge in [0.05, 0.1) is 0 Å². The summed E-state index contributed by atoms with van der Waals surface area (Å²) in [4.78, 5) is 1.45. The molecule has 0 heterocycles. The maximum absolute atomic E-state index is 5.95. The van der Waals surface area contributed by atoms with E-state index >= 15 is 0 Å². The van der Waals surface area contributed by atoms with Crippen molar-refractivity contribution in [2.24, 2.45) is 17.6 Å². The summed E-state index contributed by atoms with van der Waals surface area (Å²) in [6, 6.07) is 6.76. The molecule has 1 aliphatic carbocycles. The number of rotatable bonds is 3. The average molecular weight is 263 g/mol. The van der Waals surface area contributed by atoms with Crippen LogP contribution in [-0.4, -0.2) is 11.8 Å². The molecule has 0 amide bonds. The van der Waals surface area contributed by atoms with Gasteiger partial charge in [-0.3, -0.25) is 0 Å². The van der Waals surface area contributed by atoms with E-state index in [1.165, 1.54) is 35.3 Å². The zero-order chi connectivity index (χ0) is 13.1. The monoisotopic (exact) mass is 263 g/mol. The molecule has 3 atom stereocenters. The number of thioether (sulfide) groups is 1. The van der Waals surface area contributed by atoms with E-state index in [4.69, 9.17) is 5.73 Å². The number of nitrogens with two attached hydrogens (primary N) is 1. The molecule has 0 aliphatic heterocycles. The minimum atomic E-state index is 0.700. The molecule has 1 nitrogen and oxygen atoms in total. The number of hydrogen-bond donors (Lipinski definition) is 1. The Morgan fingerprint density at radius 3 is 2.78 bits per heavy atom. The van der Waals surface area contributed by atoms with Crippen molar-refractivity contribution >= 4 is 11.8 Å². The largest absolute Gasteiger partial charge is 0.330 e. The Balaban J connectivity index is 2.12. The molecule has 18 heavy (non-hydrogen) atoms. The van der Waals surface area contributed by atoms with Crippen LogP contribution in [0.1, 0.15) is 37.3 Å². The van der Waals surface area contributed by atoms with Gasteiger partial charge in [0, 0.05) is 10.1 Å². The lowest BCUT2D eigenvalue weighted by Gasteiger charge is -2.34. The maximum Gasteiger partial charge on any atom is 0.0137 e. The van der Waals surface area contributed by atoms with Crippen molar-refractivity contribution in [3.8, 4) is 0 Å². The zero-order valence-corrected chi connectivity index (χ0v) is 12.6. The molecular weight excluding hydrogens is 238 g/mol. The Kier molecular flexibility index (Phi) is 4.74. The smallest absolute Gasteiger partial charge is 0.0137 e. The molecular formula is C16H25NS. The van der Waals surface area contributed by atoms with Gasteiger partial charge in [-0.2, -0.15) is 0 Å². The van der Waals surface area contributed by atoms with E-state index in [-0.39, 0.29) is 0 Å². The number of hydrogen-bond acceptors (Lipinski definition) is 2. The molecule has 2 N–H and O–H groups in total. The Hall–Kier alpha value is -0.470. The third-order valence-electron chi connectivity index (χ3n) is 4.12. The summed E-state index contributed by atoms with van der Waals surface area (Å²) >= 11 is 2.06. The van der Waals surface area contributed by atoms with Gasteiger partial charge in [-0.15, -0.1) is 11.8 Å². The van der Waals surface area contributed by atoms with E-state index in [2.05, 4.69) is 50.7 Å². The van der Waals surface area contributed by atoms with Gasteiger partial charge >= 0.3 is 0 Å². The molecule has 1 aromatic carbocycles. The van der Waals surface area contributed by atoms with E-state index in [0.29, 0.717) is 11.2 Å². The molecule has 2 rings (SSSR count). The van der Waals surface area contributed by atoms with Crippen LogP contribution in [0.15, 0.2) is 23.1 Å². The molecule has 1 aromatic rings. The molecule has 1 saturated carbocycles. The van der Waals surface area contributed by atoms with Gasteiger partial charge in [0.15, 0.2) is 0 Å². The topological polar surface area (TPSA) is 26.0 Å². The van der Waals surface area contributed by atoms with Crippen LogP contribution in [-0.2, 0) is 0 Å². The average Bonchev–Trinajstić information content (AvgIpc) is 2.34. The highest BCUT2D eigenvalue weighted by molar-refractivity contribution is 8.00. The fourth-order valence-electron chi connectivity index (χ4n) is 2.80. The van der Waals surface area contributed by atoms with E-state index in [9.17, 15) is 0 Å². The third kappa shape index (κ3) is 3.30. The lowest BCUT2D eigenvalue weighted by molar-refractivity contribution is 0.306. The minimum absolute atomic E-state index is 0.700. The van der Waals surface area contributed by atoms with Crippen molar-refractivity contribution in [3.05, 3.63) is 29.3 Å². The first-order valence-electron chi connectivity index (χ1n) is 7.04. The lowest BCUT2D eigenvalue weighted by Crippen LogP contribution is -2.31. The summed E-state index contributed by atoms with van der Waals surface area (Å²) < 4.78 is 0. The molecule has 1 fully saturated rings. The number of benzene rings is 1. The highest BCUT2D eigenvalue weighted by Gasteiger charge is 2.28. The Morgan fingerprint density at radius 1 is 1.28 bits per heavy atom. The second-order valence-corrected chi connectivity index (χ2v) is 7.12. The van der Waals surface area contributed by atoms with Crippen molar-refractivity contribution in [2.45, 2.75) is 50.2 Å². The van der Waals surface area contributed by atoms with Crippen molar-refractivity contribution < 1.29 is 0 Å². The minimum Gasteiger partial charge on any atom is -0.330 e. The van der Waals surface area contributed by atoms with Gasteiger partial charge in [0.25, 0.3) is 0 Å². The zero-order valence-electron chi connectivity index (χ0n) is 11.8. The second-order valence-electron chi connectivity index (χ2n) is 5.84. The second kappa shape index (κ2) is 6.12. The molecule has 100 valence electrons. The maximum atomic E-state index is 5.95. The first-order chi connectivity index (χ1) is 8.60. The molecule has 0 aromatic heterocycles. The molecule has 0 radical (unpaired) electrons. The predicted molar refractivity (Wildman–Crippen MR) is 81.1 cm³/mol. The summed E-state index contributed by atoms with van der Waals surface area (Å²) in [5.74, 6) is 1.56. The van der Waals surface area contributed by atoms with Gasteiger partial charge in [-0.1, -0.05) is 31.0 Å². The van der Waals surface area contributed by atoms with Gasteiger partial charge in [0.2, 0.25) is 0 Å². The highest BCUT2D eigenvalue weighted by atomic mass is 32.2. The molecule has 1 aliphatic rings. The molecule has 0 spiro atoms. The lowest BCUT2D eigenvalue weighted by atomic mass is 9.82. The Labute approximate surface area is 116 Å². The van der Waals surface area contributed by atoms with Crippen molar-refractivity contribution in [1.82, 2.24) is 0 Å². The van der Waals surface area contributed by atoms with E-state index < -0.39 is 0 Å². The van der Waals surface area contributed by atoms with Crippen molar-refractivity contribution in [3.63, 3.8) is 0 Å². The van der Waals surface area contributed by atoms with E-state index in [1.807, 2.05) is 0 Å². The van der Waals surface area contributed by atoms with Gasteiger partial charge < -0.3 is 5.73 Å². The fraction of sp³-hybridized carbons (Fsp3) is 0.625. The van der Waals surface area contributed by atoms with Crippen LogP contribution in [0.2, 0.25) is 0 Å². The SMILES string of the molecule is Cc1ccc(C)c(SC2CC(C)CCC2CN)c1. The van der Waals surface area contributed by atoms with Gasteiger partial charge in [0.1, 0.15) is 0 Å². The molecule has 0 bridgehead atoms. The predicted octanol–water partition coefficient (Wildman–Crippen LogP) is 4.16. The molecule has 2 heteroatoms. The fourth-order valence-corrected chi connectivity index (χ4v) is 4.50. The number of aryl methyl sites for hydroxylation is 2. The summed E-state index contributed by atoms with van der Waals surface area (Å²) in [7, 11) is 0. The third-order valence-corrected chi connectivity index (χ3v) is 5.69. The van der Waals surface area contributed by atoms with Crippen molar-refractivity contribution in [1.29, 1.82) is 0 Å². The van der Waals surface area contributed by atoms with Gasteiger partial charge in [-0.05, 0) is 56.7 Å². The van der Waals surface area contributed by atoms with Crippen LogP contribution in [0.25, 0.3) is 0 Å². The van der Waals surface area contributed by atoms with E-state index in [0.717, 1.165) is 12.5 Å². The highest BCUT2D eigenvalue weighted by Crippen LogP contribution is 2.40. The Bertz CT molecular complexity index is 402. The van der Waals surface area contributed by atoms with Crippen LogP contribution in [0.3, 0.4) is 0 Å². The summed E-state index contributed by atoms with van der Waals surface area (Å²) in [6.07, 6.45) is 3.98. The molecule has 3 unspecified atom stereocenters. The Morgan fingerprint density at radius 2 is 2.06 bits per heavy atom. The van der Waals surface area contributed by atoms with Crippen LogP contribution >= 0.6 is 11.8 Å².